The van der Waals surface area contributed by atoms with Crippen LogP contribution in [0.5, 0.6) is 0 Å². The number of hydrogen-bond acceptors (Lipinski definition) is 3. The van der Waals surface area contributed by atoms with Gasteiger partial charge >= 0.3 is 6.03 Å². The van der Waals surface area contributed by atoms with E-state index in [1.807, 2.05) is 0 Å². The zero-order valence-corrected chi connectivity index (χ0v) is 16.3. The number of benzene rings is 1. The van der Waals surface area contributed by atoms with Gasteiger partial charge in [0.25, 0.3) is 5.91 Å². The minimum absolute atomic E-state index is 0.0408. The van der Waals surface area contributed by atoms with Gasteiger partial charge in [0.1, 0.15) is 6.04 Å². The molecule has 6 nitrogen and oxygen atoms in total. The van der Waals surface area contributed by atoms with Crippen molar-refractivity contribution >= 4 is 17.6 Å². The number of para-hydroxylation sites is 1. The molecule has 3 heterocycles. The number of piperidine rings is 1. The summed E-state index contributed by atoms with van der Waals surface area (Å²) in [6, 6.07) is 8.36. The van der Waals surface area contributed by atoms with E-state index in [-0.39, 0.29) is 18.0 Å². The van der Waals surface area contributed by atoms with Gasteiger partial charge in [0, 0.05) is 25.2 Å². The third kappa shape index (κ3) is 3.68. The molecule has 3 saturated heterocycles. The van der Waals surface area contributed by atoms with Crippen LogP contribution >= 0.6 is 0 Å². The number of nitrogens with zero attached hydrogens (tertiary/aromatic N) is 3. The highest BCUT2D eigenvalue weighted by molar-refractivity contribution is 6.04. The van der Waals surface area contributed by atoms with E-state index >= 15 is 0 Å². The maximum Gasteiger partial charge on any atom is 0.327 e. The number of aryl methyl sites for hydroxylation is 1. The Balaban J connectivity index is 1.23. The van der Waals surface area contributed by atoms with Crippen LogP contribution in [0.3, 0.4) is 0 Å². The van der Waals surface area contributed by atoms with Gasteiger partial charge in [0.05, 0.1) is 32.7 Å². The van der Waals surface area contributed by atoms with Crippen molar-refractivity contribution in [1.29, 1.82) is 0 Å². The zero-order chi connectivity index (χ0) is 18.8. The molecular formula is C21H31N4O2+. The summed E-state index contributed by atoms with van der Waals surface area (Å²) in [4.78, 5) is 32.4. The number of piperazine rings is 1. The number of carbonyl (C=O) groups is 2. The first-order valence-electron chi connectivity index (χ1n) is 10.4. The van der Waals surface area contributed by atoms with E-state index in [0.717, 1.165) is 65.0 Å². The maximum absolute atomic E-state index is 12.5. The molecule has 146 valence electrons. The van der Waals surface area contributed by atoms with Crippen LogP contribution in [0.4, 0.5) is 10.5 Å². The van der Waals surface area contributed by atoms with Gasteiger partial charge in [-0.05, 0) is 37.8 Å². The summed E-state index contributed by atoms with van der Waals surface area (Å²) in [5.74, 6) is 0.0408. The molecule has 0 unspecified atom stereocenters. The molecule has 4 rings (SSSR count). The molecule has 0 bridgehead atoms. The van der Waals surface area contributed by atoms with Gasteiger partial charge in [-0.15, -0.1) is 0 Å². The summed E-state index contributed by atoms with van der Waals surface area (Å²) >= 11 is 0. The molecule has 0 aromatic heterocycles. The van der Waals surface area contributed by atoms with Crippen molar-refractivity contribution in [3.8, 4) is 0 Å². The highest BCUT2D eigenvalue weighted by Crippen LogP contribution is 2.26. The monoisotopic (exact) mass is 371 g/mol. The molecule has 3 amide bonds. The molecule has 6 heteroatoms. The average molecular weight is 372 g/mol. The number of quaternary nitrogens is 1. The molecule has 3 aliphatic heterocycles. The fourth-order valence-corrected chi connectivity index (χ4v) is 4.77. The largest absolute Gasteiger partial charge is 0.360 e. The van der Waals surface area contributed by atoms with Crippen LogP contribution in [0, 0.1) is 6.92 Å². The minimum atomic E-state index is -0.170. The topological polar surface area (TPSA) is 48.3 Å². The van der Waals surface area contributed by atoms with Crippen LogP contribution in [-0.2, 0) is 4.79 Å². The number of nitrogens with one attached hydrogen (secondary N) is 1. The first-order chi connectivity index (χ1) is 13.1. The normalized spacial score (nSPS) is 23.9. The van der Waals surface area contributed by atoms with Crippen molar-refractivity contribution in [3.63, 3.8) is 0 Å². The summed E-state index contributed by atoms with van der Waals surface area (Å²) in [6.45, 7) is 8.90. The summed E-state index contributed by atoms with van der Waals surface area (Å²) in [7, 11) is 0. The zero-order valence-electron chi connectivity index (χ0n) is 16.3. The third-order valence-electron chi connectivity index (χ3n) is 6.37. The lowest BCUT2D eigenvalue weighted by Crippen LogP contribution is -3.15. The summed E-state index contributed by atoms with van der Waals surface area (Å²) in [5, 5.41) is 0. The predicted octanol–water partition coefficient (Wildman–Crippen LogP) is 0.907. The van der Waals surface area contributed by atoms with Crippen molar-refractivity contribution in [2.24, 2.45) is 0 Å². The molecule has 0 saturated carbocycles. The van der Waals surface area contributed by atoms with E-state index in [0.29, 0.717) is 6.54 Å². The Hall–Kier alpha value is -2.08. The number of carbonyl (C=O) groups excluding carboxylic acids is 2. The first kappa shape index (κ1) is 18.3. The second-order valence-corrected chi connectivity index (χ2v) is 8.10. The Labute approximate surface area is 161 Å². The second-order valence-electron chi connectivity index (χ2n) is 8.10. The Bertz CT molecular complexity index is 675. The number of imide groups is 1. The summed E-state index contributed by atoms with van der Waals surface area (Å²) < 4.78 is 0. The molecule has 1 atom stereocenters. The molecule has 3 fully saturated rings. The molecule has 3 aliphatic rings. The van der Waals surface area contributed by atoms with Gasteiger partial charge in [-0.3, -0.25) is 9.69 Å². The summed E-state index contributed by atoms with van der Waals surface area (Å²) in [5.41, 5.74) is 2.69. The van der Waals surface area contributed by atoms with Gasteiger partial charge in [-0.25, -0.2) is 4.79 Å². The van der Waals surface area contributed by atoms with Crippen LogP contribution in [0.25, 0.3) is 0 Å². The SMILES string of the molecule is Cc1ccccc1N1CC[NH+](CCCN2C(=O)[C@H]3CCCCN3C2=O)CC1. The Morgan fingerprint density at radius 1 is 1.07 bits per heavy atom. The van der Waals surface area contributed by atoms with Crippen LogP contribution < -0.4 is 9.80 Å². The number of fused-ring (bicyclic) bond motifs is 1. The van der Waals surface area contributed by atoms with Gasteiger partial charge < -0.3 is 14.7 Å². The first-order valence-corrected chi connectivity index (χ1v) is 10.4. The predicted molar refractivity (Wildman–Crippen MR) is 105 cm³/mol. The fourth-order valence-electron chi connectivity index (χ4n) is 4.77. The van der Waals surface area contributed by atoms with Crippen LogP contribution in [0.15, 0.2) is 24.3 Å². The molecule has 1 aromatic rings. The van der Waals surface area contributed by atoms with Gasteiger partial charge in [-0.2, -0.15) is 0 Å². The number of hydrogen-bond donors (Lipinski definition) is 1. The Morgan fingerprint density at radius 3 is 2.59 bits per heavy atom. The fraction of sp³-hybridized carbons (Fsp3) is 0.619. The second kappa shape index (κ2) is 7.89. The van der Waals surface area contributed by atoms with Gasteiger partial charge in [0.2, 0.25) is 0 Å². The minimum Gasteiger partial charge on any atom is -0.360 e. The molecule has 27 heavy (non-hydrogen) atoms. The van der Waals surface area contributed by atoms with Crippen molar-refractivity contribution in [3.05, 3.63) is 29.8 Å². The lowest BCUT2D eigenvalue weighted by molar-refractivity contribution is -0.900. The van der Waals surface area contributed by atoms with E-state index in [1.54, 1.807) is 9.80 Å². The Kier molecular flexibility index (Phi) is 5.34. The smallest absolute Gasteiger partial charge is 0.327 e. The van der Waals surface area contributed by atoms with Crippen molar-refractivity contribution in [2.45, 2.75) is 38.6 Å². The molecule has 1 N–H and O–H groups in total. The highest BCUT2D eigenvalue weighted by Gasteiger charge is 2.45. The molecule has 0 spiro atoms. The number of amides is 3. The number of urea groups is 1. The van der Waals surface area contributed by atoms with Crippen molar-refractivity contribution < 1.29 is 14.5 Å². The van der Waals surface area contributed by atoms with Crippen LogP contribution in [0.2, 0.25) is 0 Å². The molecular weight excluding hydrogens is 340 g/mol. The van der Waals surface area contributed by atoms with E-state index in [9.17, 15) is 9.59 Å². The highest BCUT2D eigenvalue weighted by atomic mass is 16.2. The molecule has 1 aromatic carbocycles. The molecule has 0 radical (unpaired) electrons. The van der Waals surface area contributed by atoms with Crippen LogP contribution in [-0.4, -0.2) is 73.6 Å². The summed E-state index contributed by atoms with van der Waals surface area (Å²) in [6.07, 6.45) is 3.83. The number of anilines is 1. The maximum atomic E-state index is 12.5. The molecule has 0 aliphatic carbocycles. The quantitative estimate of drug-likeness (QED) is 0.783. The van der Waals surface area contributed by atoms with E-state index in [1.165, 1.54) is 16.2 Å². The number of rotatable bonds is 5. The standard InChI is InChI=1S/C21H30N4O2/c1-17-7-2-3-8-18(17)23-15-13-22(14-16-23)10-6-12-25-20(26)19-9-4-5-11-24(19)21(25)27/h2-3,7-8,19H,4-6,9-16H2,1H3/p+1/t19-/m1/s1. The van der Waals surface area contributed by atoms with E-state index in [4.69, 9.17) is 0 Å². The lowest BCUT2D eigenvalue weighted by Gasteiger charge is -2.34. The lowest BCUT2D eigenvalue weighted by atomic mass is 10.0. The van der Waals surface area contributed by atoms with E-state index in [2.05, 4.69) is 36.1 Å². The van der Waals surface area contributed by atoms with Crippen LogP contribution in [0.1, 0.15) is 31.2 Å². The third-order valence-corrected chi connectivity index (χ3v) is 6.37. The average Bonchev–Trinajstić information content (AvgIpc) is 2.94. The van der Waals surface area contributed by atoms with Crippen molar-refractivity contribution in [2.75, 3.05) is 50.7 Å². The van der Waals surface area contributed by atoms with Gasteiger partial charge in [-0.1, -0.05) is 18.2 Å². The van der Waals surface area contributed by atoms with E-state index < -0.39 is 0 Å². The van der Waals surface area contributed by atoms with Gasteiger partial charge in [0.15, 0.2) is 0 Å². The Morgan fingerprint density at radius 2 is 1.85 bits per heavy atom. The van der Waals surface area contributed by atoms with Crippen molar-refractivity contribution in [1.82, 2.24) is 9.80 Å².